The third-order valence-electron chi connectivity index (χ3n) is 2.75. The minimum Gasteiger partial charge on any atom is -0.324 e. The van der Waals surface area contributed by atoms with Crippen LogP contribution in [-0.2, 0) is 11.3 Å². The van der Waals surface area contributed by atoms with Gasteiger partial charge in [0.25, 0.3) is 0 Å². The molecule has 1 heterocycles. The van der Waals surface area contributed by atoms with Crippen LogP contribution in [0.25, 0.3) is 0 Å². The van der Waals surface area contributed by atoms with Crippen molar-refractivity contribution in [3.05, 3.63) is 35.9 Å². The highest BCUT2D eigenvalue weighted by atomic mass is 16.2. The van der Waals surface area contributed by atoms with Crippen LogP contribution in [0.4, 0.5) is 0 Å². The van der Waals surface area contributed by atoms with Crippen molar-refractivity contribution in [2.75, 3.05) is 6.67 Å². The zero-order chi connectivity index (χ0) is 10.9. The predicted molar refractivity (Wildman–Crippen MR) is 59.1 cm³/mol. The van der Waals surface area contributed by atoms with Crippen LogP contribution in [0, 0.1) is 0 Å². The van der Waals surface area contributed by atoms with E-state index in [4.69, 9.17) is 0 Å². The van der Waals surface area contributed by atoms with Crippen LogP contribution in [0.15, 0.2) is 30.3 Å². The average Bonchev–Trinajstić information content (AvgIpc) is 2.47. The summed E-state index contributed by atoms with van der Waals surface area (Å²) in [7, 11) is 0. The van der Waals surface area contributed by atoms with Crippen molar-refractivity contribution in [3.63, 3.8) is 0 Å². The fourth-order valence-electron chi connectivity index (χ4n) is 1.77. The van der Waals surface area contributed by atoms with Gasteiger partial charge >= 0.3 is 0 Å². The molecule has 0 bridgehead atoms. The van der Waals surface area contributed by atoms with E-state index in [2.05, 4.69) is 5.32 Å². The van der Waals surface area contributed by atoms with Crippen molar-refractivity contribution in [2.24, 2.45) is 0 Å². The number of hydrogen-bond acceptors (Lipinski definition) is 2. The van der Waals surface area contributed by atoms with Gasteiger partial charge in [0.1, 0.15) is 0 Å². The normalized spacial score (nSPS) is 19.6. The van der Waals surface area contributed by atoms with E-state index in [1.54, 1.807) is 0 Å². The van der Waals surface area contributed by atoms with E-state index in [1.165, 1.54) is 5.56 Å². The summed E-state index contributed by atoms with van der Waals surface area (Å²) in [5.41, 5.74) is 0.764. The van der Waals surface area contributed by atoms with Gasteiger partial charge in [0.15, 0.2) is 0 Å². The Morgan fingerprint density at radius 1 is 1.33 bits per heavy atom. The lowest BCUT2D eigenvalue weighted by Gasteiger charge is -2.18. The Balaban J connectivity index is 2.06. The number of hydrogen-bond donors (Lipinski definition) is 1. The Hall–Kier alpha value is -1.35. The monoisotopic (exact) mass is 204 g/mol. The number of carbonyl (C=O) groups excluding carboxylic acids is 1. The van der Waals surface area contributed by atoms with Crippen molar-refractivity contribution in [1.82, 2.24) is 10.2 Å². The molecule has 1 N–H and O–H groups in total. The Labute approximate surface area is 90.1 Å². The standard InChI is InChI=1S/C12H16N2O/c1-12(2)11(15)14(9-13-12)8-10-6-4-3-5-7-10/h3-7,13H,8-9H2,1-2H3. The van der Waals surface area contributed by atoms with Gasteiger partial charge in [-0.05, 0) is 19.4 Å². The Morgan fingerprint density at radius 2 is 2.00 bits per heavy atom. The molecule has 2 rings (SSSR count). The molecule has 0 atom stereocenters. The van der Waals surface area contributed by atoms with E-state index in [-0.39, 0.29) is 5.91 Å². The van der Waals surface area contributed by atoms with Crippen molar-refractivity contribution in [1.29, 1.82) is 0 Å². The van der Waals surface area contributed by atoms with Gasteiger partial charge < -0.3 is 4.90 Å². The van der Waals surface area contributed by atoms with Crippen LogP contribution in [0.2, 0.25) is 0 Å². The highest BCUT2D eigenvalue weighted by molar-refractivity contribution is 5.87. The van der Waals surface area contributed by atoms with Crippen molar-refractivity contribution < 1.29 is 4.79 Å². The fraction of sp³-hybridized carbons (Fsp3) is 0.417. The van der Waals surface area contributed by atoms with Gasteiger partial charge in [-0.3, -0.25) is 10.1 Å². The molecule has 15 heavy (non-hydrogen) atoms. The molecule has 0 radical (unpaired) electrons. The van der Waals surface area contributed by atoms with Crippen molar-refractivity contribution in [2.45, 2.75) is 25.9 Å². The van der Waals surface area contributed by atoms with E-state index < -0.39 is 5.54 Å². The molecule has 1 aliphatic heterocycles. The zero-order valence-electron chi connectivity index (χ0n) is 9.16. The van der Waals surface area contributed by atoms with Crippen LogP contribution < -0.4 is 5.32 Å². The van der Waals surface area contributed by atoms with Gasteiger partial charge in [-0.15, -0.1) is 0 Å². The summed E-state index contributed by atoms with van der Waals surface area (Å²) in [5, 5.41) is 3.19. The zero-order valence-corrected chi connectivity index (χ0v) is 9.16. The molecule has 1 fully saturated rings. The Morgan fingerprint density at radius 3 is 2.53 bits per heavy atom. The number of nitrogens with zero attached hydrogens (tertiary/aromatic N) is 1. The molecule has 1 saturated heterocycles. The van der Waals surface area contributed by atoms with Gasteiger partial charge in [-0.2, -0.15) is 0 Å². The highest BCUT2D eigenvalue weighted by Gasteiger charge is 2.37. The summed E-state index contributed by atoms with van der Waals surface area (Å²) in [4.78, 5) is 13.7. The Bertz CT molecular complexity index is 359. The second-order valence-corrected chi connectivity index (χ2v) is 4.45. The molecule has 1 aromatic rings. The molecule has 0 aliphatic carbocycles. The number of nitrogens with one attached hydrogen (secondary N) is 1. The predicted octanol–water partition coefficient (Wildman–Crippen LogP) is 1.35. The van der Waals surface area contributed by atoms with Crippen LogP contribution in [0.3, 0.4) is 0 Å². The van der Waals surface area contributed by atoms with Crippen LogP contribution >= 0.6 is 0 Å². The minimum absolute atomic E-state index is 0.173. The van der Waals surface area contributed by atoms with Crippen LogP contribution in [0.1, 0.15) is 19.4 Å². The van der Waals surface area contributed by atoms with E-state index in [1.807, 2.05) is 49.1 Å². The average molecular weight is 204 g/mol. The van der Waals surface area contributed by atoms with Gasteiger partial charge in [-0.25, -0.2) is 0 Å². The van der Waals surface area contributed by atoms with Gasteiger partial charge in [-0.1, -0.05) is 30.3 Å². The molecule has 1 aliphatic rings. The summed E-state index contributed by atoms with van der Waals surface area (Å²) in [5.74, 6) is 0.173. The smallest absolute Gasteiger partial charge is 0.243 e. The molecule has 3 nitrogen and oxygen atoms in total. The molecule has 80 valence electrons. The van der Waals surface area contributed by atoms with Crippen LogP contribution in [0.5, 0.6) is 0 Å². The lowest BCUT2D eigenvalue weighted by atomic mass is 10.1. The van der Waals surface area contributed by atoms with Gasteiger partial charge in [0, 0.05) is 6.54 Å². The SMILES string of the molecule is CC1(C)NCN(Cc2ccccc2)C1=O. The number of rotatable bonds is 2. The van der Waals surface area contributed by atoms with Crippen molar-refractivity contribution >= 4 is 5.91 Å². The first-order chi connectivity index (χ1) is 7.09. The molecular formula is C12H16N2O. The van der Waals surface area contributed by atoms with E-state index in [0.29, 0.717) is 13.2 Å². The maximum Gasteiger partial charge on any atom is 0.243 e. The second-order valence-electron chi connectivity index (χ2n) is 4.45. The third kappa shape index (κ3) is 2.02. The van der Waals surface area contributed by atoms with Gasteiger partial charge in [0.05, 0.1) is 12.2 Å². The molecule has 0 unspecified atom stereocenters. The van der Waals surface area contributed by atoms with Gasteiger partial charge in [0.2, 0.25) is 5.91 Å². The lowest BCUT2D eigenvalue weighted by Crippen LogP contribution is -2.40. The first kappa shape index (κ1) is 10.2. The second kappa shape index (κ2) is 3.66. The molecule has 1 aromatic carbocycles. The summed E-state index contributed by atoms with van der Waals surface area (Å²) in [6.45, 7) is 5.16. The van der Waals surface area contributed by atoms with Crippen molar-refractivity contribution in [3.8, 4) is 0 Å². The molecule has 0 aromatic heterocycles. The first-order valence-corrected chi connectivity index (χ1v) is 5.18. The van der Waals surface area contributed by atoms with Crippen LogP contribution in [-0.4, -0.2) is 23.0 Å². The maximum absolute atomic E-state index is 11.9. The number of carbonyl (C=O) groups is 1. The first-order valence-electron chi connectivity index (χ1n) is 5.18. The minimum atomic E-state index is -0.408. The quantitative estimate of drug-likeness (QED) is 0.788. The van der Waals surface area contributed by atoms with E-state index >= 15 is 0 Å². The summed E-state index contributed by atoms with van der Waals surface area (Å²) < 4.78 is 0. The molecule has 0 saturated carbocycles. The lowest BCUT2D eigenvalue weighted by molar-refractivity contribution is -0.131. The number of benzene rings is 1. The highest BCUT2D eigenvalue weighted by Crippen LogP contribution is 2.16. The fourth-order valence-corrected chi connectivity index (χ4v) is 1.77. The topological polar surface area (TPSA) is 32.3 Å². The maximum atomic E-state index is 11.9. The van der Waals surface area contributed by atoms with E-state index in [9.17, 15) is 4.79 Å². The summed E-state index contributed by atoms with van der Waals surface area (Å²) in [6.07, 6.45) is 0. The molecule has 1 amide bonds. The number of amides is 1. The largest absolute Gasteiger partial charge is 0.324 e. The molecule has 0 spiro atoms. The summed E-state index contributed by atoms with van der Waals surface area (Å²) >= 11 is 0. The Kier molecular flexibility index (Phi) is 2.49. The third-order valence-corrected chi connectivity index (χ3v) is 2.75. The summed E-state index contributed by atoms with van der Waals surface area (Å²) in [6, 6.07) is 10.1. The molecule has 3 heteroatoms. The molecular weight excluding hydrogens is 188 g/mol. The van der Waals surface area contributed by atoms with E-state index in [0.717, 1.165) is 0 Å².